The molecule has 0 aliphatic carbocycles. The molecule has 0 fully saturated rings. The Balaban J connectivity index is 1.48. The predicted molar refractivity (Wildman–Crippen MR) is 96.5 cm³/mol. The second kappa shape index (κ2) is 8.33. The van der Waals surface area contributed by atoms with Crippen molar-refractivity contribution >= 4 is 11.6 Å². The SMILES string of the molecule is CCOc1ccccc1CNC(=O)CC1CC(c2ccccc2)=NO1. The molecule has 0 radical (unpaired) electrons. The first-order valence-electron chi connectivity index (χ1n) is 8.51. The molecule has 130 valence electrons. The summed E-state index contributed by atoms with van der Waals surface area (Å²) in [7, 11) is 0. The van der Waals surface area contributed by atoms with Crippen molar-refractivity contribution in [2.24, 2.45) is 5.16 Å². The van der Waals surface area contributed by atoms with Crippen LogP contribution >= 0.6 is 0 Å². The first-order chi connectivity index (χ1) is 12.3. The molecule has 5 nitrogen and oxygen atoms in total. The molecule has 1 N–H and O–H groups in total. The third-order valence-electron chi connectivity index (χ3n) is 4.00. The number of amides is 1. The highest BCUT2D eigenvalue weighted by Gasteiger charge is 2.24. The van der Waals surface area contributed by atoms with Crippen LogP contribution in [0.2, 0.25) is 0 Å². The molecule has 1 aliphatic rings. The lowest BCUT2D eigenvalue weighted by molar-refractivity contribution is -0.123. The quantitative estimate of drug-likeness (QED) is 0.843. The molecule has 1 aliphatic heterocycles. The summed E-state index contributed by atoms with van der Waals surface area (Å²) in [5.41, 5.74) is 2.89. The number of ether oxygens (including phenoxy) is 1. The number of nitrogens with zero attached hydrogens (tertiary/aromatic N) is 1. The normalized spacial score (nSPS) is 16.0. The number of para-hydroxylation sites is 1. The average Bonchev–Trinajstić information content (AvgIpc) is 3.10. The maximum absolute atomic E-state index is 12.2. The lowest BCUT2D eigenvalue weighted by atomic mass is 10.0. The van der Waals surface area contributed by atoms with E-state index in [4.69, 9.17) is 9.57 Å². The fraction of sp³-hybridized carbons (Fsp3) is 0.300. The summed E-state index contributed by atoms with van der Waals surface area (Å²) < 4.78 is 5.57. The fourth-order valence-corrected chi connectivity index (χ4v) is 2.76. The zero-order valence-corrected chi connectivity index (χ0v) is 14.3. The van der Waals surface area contributed by atoms with Gasteiger partial charge in [0.25, 0.3) is 0 Å². The van der Waals surface area contributed by atoms with Gasteiger partial charge in [0.2, 0.25) is 5.91 Å². The Morgan fingerprint density at radius 1 is 1.20 bits per heavy atom. The first-order valence-corrected chi connectivity index (χ1v) is 8.51. The first kappa shape index (κ1) is 17.0. The van der Waals surface area contributed by atoms with E-state index in [-0.39, 0.29) is 18.4 Å². The zero-order chi connectivity index (χ0) is 17.5. The van der Waals surface area contributed by atoms with Crippen molar-refractivity contribution in [1.82, 2.24) is 5.32 Å². The standard InChI is InChI=1S/C20H22N2O3/c1-2-24-19-11-7-6-10-16(19)14-21-20(23)13-17-12-18(22-25-17)15-8-4-3-5-9-15/h3-11,17H,2,12-14H2,1H3,(H,21,23). The van der Waals surface area contributed by atoms with Crippen LogP contribution in [0.15, 0.2) is 59.8 Å². The Kier molecular flexibility index (Phi) is 5.67. The molecule has 0 aromatic heterocycles. The Morgan fingerprint density at radius 3 is 2.76 bits per heavy atom. The number of carbonyl (C=O) groups is 1. The Morgan fingerprint density at radius 2 is 1.96 bits per heavy atom. The minimum Gasteiger partial charge on any atom is -0.494 e. The van der Waals surface area contributed by atoms with Gasteiger partial charge in [0.05, 0.1) is 18.7 Å². The second-order valence-electron chi connectivity index (χ2n) is 5.86. The van der Waals surface area contributed by atoms with Crippen molar-refractivity contribution in [3.8, 4) is 5.75 Å². The summed E-state index contributed by atoms with van der Waals surface area (Å²) in [4.78, 5) is 17.6. The van der Waals surface area contributed by atoms with Gasteiger partial charge in [-0.2, -0.15) is 0 Å². The van der Waals surface area contributed by atoms with Crippen molar-refractivity contribution < 1.29 is 14.4 Å². The van der Waals surface area contributed by atoms with Crippen LogP contribution in [-0.4, -0.2) is 24.3 Å². The summed E-state index contributed by atoms with van der Waals surface area (Å²) >= 11 is 0. The van der Waals surface area contributed by atoms with Crippen molar-refractivity contribution in [3.63, 3.8) is 0 Å². The van der Waals surface area contributed by atoms with Gasteiger partial charge in [-0.25, -0.2) is 0 Å². The van der Waals surface area contributed by atoms with Crippen molar-refractivity contribution in [1.29, 1.82) is 0 Å². The number of rotatable bonds is 7. The molecule has 0 spiro atoms. The highest BCUT2D eigenvalue weighted by molar-refractivity contribution is 6.01. The van der Waals surface area contributed by atoms with E-state index in [1.54, 1.807) is 0 Å². The smallest absolute Gasteiger partial charge is 0.224 e. The Hall–Kier alpha value is -2.82. The third-order valence-corrected chi connectivity index (χ3v) is 4.00. The number of oxime groups is 1. The van der Waals surface area contributed by atoms with Gasteiger partial charge in [0.1, 0.15) is 11.9 Å². The van der Waals surface area contributed by atoms with Crippen molar-refractivity contribution in [3.05, 3.63) is 65.7 Å². The molecule has 2 aromatic rings. The van der Waals surface area contributed by atoms with Crippen LogP contribution in [0, 0.1) is 0 Å². The van der Waals surface area contributed by atoms with Crippen molar-refractivity contribution in [2.75, 3.05) is 6.61 Å². The van der Waals surface area contributed by atoms with Gasteiger partial charge in [-0.15, -0.1) is 0 Å². The van der Waals surface area contributed by atoms with Gasteiger partial charge in [0.15, 0.2) is 0 Å². The van der Waals surface area contributed by atoms with Crippen LogP contribution in [0.4, 0.5) is 0 Å². The molecule has 2 aromatic carbocycles. The lowest BCUT2D eigenvalue weighted by Crippen LogP contribution is -2.27. The van der Waals surface area contributed by atoms with Gasteiger partial charge < -0.3 is 14.9 Å². The van der Waals surface area contributed by atoms with Gasteiger partial charge in [-0.05, 0) is 18.6 Å². The minimum absolute atomic E-state index is 0.0548. The van der Waals surface area contributed by atoms with Gasteiger partial charge >= 0.3 is 0 Å². The van der Waals surface area contributed by atoms with Crippen LogP contribution in [0.5, 0.6) is 5.75 Å². The van der Waals surface area contributed by atoms with E-state index in [0.29, 0.717) is 19.6 Å². The van der Waals surface area contributed by atoms with Crippen LogP contribution in [0.3, 0.4) is 0 Å². The number of hydrogen-bond donors (Lipinski definition) is 1. The molecule has 1 heterocycles. The Labute approximate surface area is 147 Å². The van der Waals surface area contributed by atoms with E-state index in [0.717, 1.165) is 22.6 Å². The van der Waals surface area contributed by atoms with Crippen LogP contribution in [-0.2, 0) is 16.2 Å². The summed E-state index contributed by atoms with van der Waals surface area (Å²) in [6.45, 7) is 2.98. The maximum Gasteiger partial charge on any atom is 0.224 e. The molecule has 1 unspecified atom stereocenters. The topological polar surface area (TPSA) is 59.9 Å². The molecule has 25 heavy (non-hydrogen) atoms. The van der Waals surface area contributed by atoms with E-state index in [2.05, 4.69) is 10.5 Å². The molecule has 0 saturated carbocycles. The predicted octanol–water partition coefficient (Wildman–Crippen LogP) is 3.28. The van der Waals surface area contributed by atoms with E-state index in [1.807, 2.05) is 61.5 Å². The third kappa shape index (κ3) is 4.59. The van der Waals surface area contributed by atoms with E-state index < -0.39 is 0 Å². The second-order valence-corrected chi connectivity index (χ2v) is 5.86. The summed E-state index contributed by atoms with van der Waals surface area (Å²) in [6.07, 6.45) is 0.723. The number of benzene rings is 2. The fourth-order valence-electron chi connectivity index (χ4n) is 2.76. The van der Waals surface area contributed by atoms with Gasteiger partial charge in [0, 0.05) is 18.5 Å². The monoisotopic (exact) mass is 338 g/mol. The molecule has 0 saturated heterocycles. The number of hydrogen-bond acceptors (Lipinski definition) is 4. The largest absolute Gasteiger partial charge is 0.494 e. The Bertz CT molecular complexity index is 744. The highest BCUT2D eigenvalue weighted by Crippen LogP contribution is 2.20. The molecular weight excluding hydrogens is 316 g/mol. The number of carbonyl (C=O) groups excluding carboxylic acids is 1. The summed E-state index contributed by atoms with van der Waals surface area (Å²) in [5.74, 6) is 0.748. The summed E-state index contributed by atoms with van der Waals surface area (Å²) in [5, 5.41) is 7.04. The van der Waals surface area contributed by atoms with E-state index >= 15 is 0 Å². The van der Waals surface area contributed by atoms with Gasteiger partial charge in [-0.3, -0.25) is 4.79 Å². The molecule has 1 atom stereocenters. The van der Waals surface area contributed by atoms with E-state index in [1.165, 1.54) is 0 Å². The number of nitrogens with one attached hydrogen (secondary N) is 1. The zero-order valence-electron chi connectivity index (χ0n) is 14.3. The average molecular weight is 338 g/mol. The van der Waals surface area contributed by atoms with Crippen LogP contribution < -0.4 is 10.1 Å². The van der Waals surface area contributed by atoms with Crippen molar-refractivity contribution in [2.45, 2.75) is 32.4 Å². The minimum atomic E-state index is -0.211. The van der Waals surface area contributed by atoms with Gasteiger partial charge in [-0.1, -0.05) is 53.7 Å². The van der Waals surface area contributed by atoms with Crippen LogP contribution in [0.1, 0.15) is 30.9 Å². The molecule has 3 rings (SSSR count). The molecule has 0 bridgehead atoms. The molecule has 5 heteroatoms. The van der Waals surface area contributed by atoms with Crippen LogP contribution in [0.25, 0.3) is 0 Å². The molecular formula is C20H22N2O3. The lowest BCUT2D eigenvalue weighted by Gasteiger charge is -2.12. The highest BCUT2D eigenvalue weighted by atomic mass is 16.6. The van der Waals surface area contributed by atoms with E-state index in [9.17, 15) is 4.79 Å². The maximum atomic E-state index is 12.2. The summed E-state index contributed by atoms with van der Waals surface area (Å²) in [6, 6.07) is 17.6. The molecule has 1 amide bonds.